The zero-order valence-corrected chi connectivity index (χ0v) is 8.94. The highest BCUT2D eigenvalue weighted by atomic mass is 16.1. The van der Waals surface area contributed by atoms with E-state index in [9.17, 15) is 4.79 Å². The van der Waals surface area contributed by atoms with Gasteiger partial charge in [-0.3, -0.25) is 9.69 Å². The van der Waals surface area contributed by atoms with Crippen molar-refractivity contribution in [3.63, 3.8) is 0 Å². The van der Waals surface area contributed by atoms with Crippen LogP contribution in [0.1, 0.15) is 24.9 Å². The van der Waals surface area contributed by atoms with Crippen molar-refractivity contribution in [1.29, 1.82) is 0 Å². The van der Waals surface area contributed by atoms with Crippen molar-refractivity contribution in [3.8, 4) is 0 Å². The minimum atomic E-state index is -0.0708. The molecule has 0 radical (unpaired) electrons. The molecule has 0 amide bonds. The molecule has 0 aliphatic carbocycles. The fraction of sp³-hybridized carbons (Fsp3) is 0.417. The number of ketones is 1. The Hall–Kier alpha value is -1.35. The molecular formula is C12H16N2O. The van der Waals surface area contributed by atoms with Crippen LogP contribution in [-0.4, -0.2) is 23.8 Å². The summed E-state index contributed by atoms with van der Waals surface area (Å²) in [5.41, 5.74) is 7.48. The van der Waals surface area contributed by atoms with Gasteiger partial charge in [-0.05, 0) is 24.2 Å². The number of nitrogen functional groups attached to an aromatic ring is 1. The minimum absolute atomic E-state index is 0.0708. The Morgan fingerprint density at radius 2 is 2.33 bits per heavy atom. The highest BCUT2D eigenvalue weighted by Gasteiger charge is 2.32. The van der Waals surface area contributed by atoms with Gasteiger partial charge in [0.15, 0.2) is 5.78 Å². The number of likely N-dealkylation sites (N-methyl/N-ethyl adjacent to an activating group) is 1. The van der Waals surface area contributed by atoms with Gasteiger partial charge < -0.3 is 5.73 Å². The molecule has 1 aromatic rings. The van der Waals surface area contributed by atoms with Crippen LogP contribution in [0.4, 0.5) is 5.69 Å². The third kappa shape index (κ3) is 1.88. The first-order chi connectivity index (χ1) is 7.22. The summed E-state index contributed by atoms with van der Waals surface area (Å²) in [5, 5.41) is 0. The predicted molar refractivity (Wildman–Crippen MR) is 60.5 cm³/mol. The van der Waals surface area contributed by atoms with Gasteiger partial charge in [-0.2, -0.15) is 0 Å². The molecule has 1 aliphatic heterocycles. The molecule has 0 aromatic heterocycles. The number of benzene rings is 1. The van der Waals surface area contributed by atoms with Crippen LogP contribution in [0, 0.1) is 0 Å². The van der Waals surface area contributed by atoms with E-state index in [1.54, 1.807) is 0 Å². The molecule has 1 atom stereocenters. The molecule has 80 valence electrons. The molecule has 0 bridgehead atoms. The Balaban J connectivity index is 2.32. The molecule has 2 rings (SSSR count). The first-order valence-corrected chi connectivity index (χ1v) is 5.34. The van der Waals surface area contributed by atoms with Crippen molar-refractivity contribution < 1.29 is 4.79 Å². The summed E-state index contributed by atoms with van der Waals surface area (Å²) in [6, 6.07) is 7.56. The fourth-order valence-corrected chi connectivity index (χ4v) is 2.19. The third-order valence-corrected chi connectivity index (χ3v) is 2.95. The monoisotopic (exact) mass is 204 g/mol. The lowest BCUT2D eigenvalue weighted by atomic mass is 10.0. The van der Waals surface area contributed by atoms with Crippen LogP contribution >= 0.6 is 0 Å². The van der Waals surface area contributed by atoms with E-state index in [1.165, 1.54) is 0 Å². The van der Waals surface area contributed by atoms with Crippen molar-refractivity contribution in [3.05, 3.63) is 29.8 Å². The van der Waals surface area contributed by atoms with Crippen LogP contribution < -0.4 is 5.73 Å². The second-order valence-corrected chi connectivity index (χ2v) is 3.92. The molecule has 1 fully saturated rings. The Bertz CT molecular complexity index is 376. The highest BCUT2D eigenvalue weighted by molar-refractivity contribution is 5.87. The lowest BCUT2D eigenvalue weighted by Crippen LogP contribution is -2.25. The van der Waals surface area contributed by atoms with E-state index in [-0.39, 0.29) is 6.04 Å². The van der Waals surface area contributed by atoms with Crippen molar-refractivity contribution in [2.45, 2.75) is 19.4 Å². The molecule has 1 saturated heterocycles. The molecule has 15 heavy (non-hydrogen) atoms. The van der Waals surface area contributed by atoms with Gasteiger partial charge in [-0.15, -0.1) is 0 Å². The van der Waals surface area contributed by atoms with E-state index in [4.69, 9.17) is 5.73 Å². The molecule has 3 heteroatoms. The largest absolute Gasteiger partial charge is 0.399 e. The molecule has 3 nitrogen and oxygen atoms in total. The van der Waals surface area contributed by atoms with E-state index < -0.39 is 0 Å². The van der Waals surface area contributed by atoms with Crippen molar-refractivity contribution in [2.75, 3.05) is 18.8 Å². The van der Waals surface area contributed by atoms with Crippen molar-refractivity contribution >= 4 is 11.5 Å². The van der Waals surface area contributed by atoms with E-state index in [0.717, 1.165) is 24.3 Å². The number of anilines is 1. The topological polar surface area (TPSA) is 46.3 Å². The van der Waals surface area contributed by atoms with E-state index >= 15 is 0 Å². The Labute approximate surface area is 89.9 Å². The van der Waals surface area contributed by atoms with Gasteiger partial charge in [0.2, 0.25) is 0 Å². The quantitative estimate of drug-likeness (QED) is 0.744. The van der Waals surface area contributed by atoms with Gasteiger partial charge in [0.25, 0.3) is 0 Å². The summed E-state index contributed by atoms with van der Waals surface area (Å²) >= 11 is 0. The van der Waals surface area contributed by atoms with Crippen LogP contribution in [0.15, 0.2) is 24.3 Å². The zero-order valence-electron chi connectivity index (χ0n) is 8.94. The molecule has 1 aliphatic rings. The number of hydrogen-bond acceptors (Lipinski definition) is 3. The van der Waals surface area contributed by atoms with Crippen LogP contribution in [0.5, 0.6) is 0 Å². The minimum Gasteiger partial charge on any atom is -0.399 e. The van der Waals surface area contributed by atoms with Gasteiger partial charge >= 0.3 is 0 Å². The molecule has 1 aromatic carbocycles. The zero-order chi connectivity index (χ0) is 10.8. The van der Waals surface area contributed by atoms with Gasteiger partial charge in [0, 0.05) is 18.7 Å². The van der Waals surface area contributed by atoms with Gasteiger partial charge in [0.1, 0.15) is 0 Å². The highest BCUT2D eigenvalue weighted by Crippen LogP contribution is 2.29. The van der Waals surface area contributed by atoms with E-state index in [0.29, 0.717) is 12.2 Å². The van der Waals surface area contributed by atoms with Crippen molar-refractivity contribution in [1.82, 2.24) is 4.90 Å². The second kappa shape index (κ2) is 4.03. The van der Waals surface area contributed by atoms with Crippen LogP contribution in [0.2, 0.25) is 0 Å². The number of carbonyl (C=O) groups is 1. The summed E-state index contributed by atoms with van der Waals surface area (Å²) < 4.78 is 0. The van der Waals surface area contributed by atoms with Crippen LogP contribution in [0.25, 0.3) is 0 Å². The number of nitrogens with two attached hydrogens (primary N) is 1. The summed E-state index contributed by atoms with van der Waals surface area (Å²) in [7, 11) is 0. The Morgan fingerprint density at radius 3 is 3.00 bits per heavy atom. The Kier molecular flexibility index (Phi) is 2.73. The average molecular weight is 204 g/mol. The normalized spacial score (nSPS) is 22.2. The molecule has 0 saturated carbocycles. The maximum absolute atomic E-state index is 11.8. The number of carbonyl (C=O) groups excluding carboxylic acids is 1. The SMILES string of the molecule is CCN1CCC(=O)C1c1cccc(N)c1. The standard InChI is InChI=1S/C12H16N2O/c1-2-14-7-6-11(15)12(14)9-4-3-5-10(13)8-9/h3-5,8,12H,2,6-7,13H2,1H3. The molecule has 0 spiro atoms. The maximum Gasteiger partial charge on any atom is 0.155 e. The summed E-state index contributed by atoms with van der Waals surface area (Å²) in [6.07, 6.45) is 0.660. The first kappa shape index (κ1) is 10.2. The fourth-order valence-electron chi connectivity index (χ4n) is 2.19. The molecular weight excluding hydrogens is 188 g/mol. The number of rotatable bonds is 2. The van der Waals surface area contributed by atoms with Gasteiger partial charge in [-0.1, -0.05) is 19.1 Å². The smallest absolute Gasteiger partial charge is 0.155 e. The van der Waals surface area contributed by atoms with Gasteiger partial charge in [-0.25, -0.2) is 0 Å². The van der Waals surface area contributed by atoms with E-state index in [1.807, 2.05) is 24.3 Å². The van der Waals surface area contributed by atoms with Crippen LogP contribution in [-0.2, 0) is 4.79 Å². The predicted octanol–water partition coefficient (Wildman–Crippen LogP) is 1.60. The lowest BCUT2D eigenvalue weighted by Gasteiger charge is -2.21. The lowest BCUT2D eigenvalue weighted by molar-refractivity contribution is -0.120. The number of likely N-dealkylation sites (tertiary alicyclic amines) is 1. The van der Waals surface area contributed by atoms with Crippen molar-refractivity contribution in [2.24, 2.45) is 0 Å². The summed E-state index contributed by atoms with van der Waals surface area (Å²) in [6.45, 7) is 3.86. The number of Topliss-reactive ketones (excluding diaryl/α,β-unsaturated/α-hetero) is 1. The number of nitrogens with zero attached hydrogens (tertiary/aromatic N) is 1. The summed E-state index contributed by atoms with van der Waals surface area (Å²) in [4.78, 5) is 14.0. The first-order valence-electron chi connectivity index (χ1n) is 5.34. The average Bonchev–Trinajstić information content (AvgIpc) is 2.59. The van der Waals surface area contributed by atoms with E-state index in [2.05, 4.69) is 11.8 Å². The maximum atomic E-state index is 11.8. The van der Waals surface area contributed by atoms with Gasteiger partial charge in [0.05, 0.1) is 6.04 Å². The second-order valence-electron chi connectivity index (χ2n) is 3.92. The van der Waals surface area contributed by atoms with Crippen LogP contribution in [0.3, 0.4) is 0 Å². The molecule has 1 unspecified atom stereocenters. The Morgan fingerprint density at radius 1 is 1.53 bits per heavy atom. The molecule has 2 N–H and O–H groups in total. The summed E-state index contributed by atoms with van der Waals surface area (Å²) in [5.74, 6) is 0.308. The number of hydrogen-bond donors (Lipinski definition) is 1. The third-order valence-electron chi connectivity index (χ3n) is 2.95. The molecule has 1 heterocycles.